The lowest BCUT2D eigenvalue weighted by molar-refractivity contribution is -0.137. The van der Waals surface area contributed by atoms with Crippen LogP contribution in [0, 0.1) is 0 Å². The summed E-state index contributed by atoms with van der Waals surface area (Å²) in [6, 6.07) is 4.73. The number of benzene rings is 1. The Morgan fingerprint density at radius 2 is 1.90 bits per heavy atom. The normalized spacial score (nSPS) is 11.9. The monoisotopic (exact) mass is 279 g/mol. The first-order valence-electron chi connectivity index (χ1n) is 5.62. The van der Waals surface area contributed by atoms with Crippen LogP contribution in [-0.2, 0) is 6.18 Å². The van der Waals surface area contributed by atoms with E-state index in [1.165, 1.54) is 18.5 Å². The predicted octanol–water partition coefficient (Wildman–Crippen LogP) is 3.49. The van der Waals surface area contributed by atoms with Gasteiger partial charge in [0.2, 0.25) is 5.89 Å². The Bertz CT molecular complexity index is 780. The molecule has 0 unspecified atom stereocenters. The van der Waals surface area contributed by atoms with Crippen LogP contribution in [0.2, 0.25) is 0 Å². The van der Waals surface area contributed by atoms with Crippen molar-refractivity contribution in [3.63, 3.8) is 0 Å². The summed E-state index contributed by atoms with van der Waals surface area (Å²) in [5, 5.41) is 0. The molecule has 0 aliphatic carbocycles. The van der Waals surface area contributed by atoms with Crippen molar-refractivity contribution in [1.29, 1.82) is 0 Å². The molecule has 0 fully saturated rings. The zero-order valence-corrected chi connectivity index (χ0v) is 9.98. The quantitative estimate of drug-likeness (QED) is 0.740. The Hall–Kier alpha value is -2.57. The van der Waals surface area contributed by atoms with Crippen LogP contribution in [0.4, 0.5) is 18.9 Å². The fourth-order valence-corrected chi connectivity index (χ4v) is 1.80. The summed E-state index contributed by atoms with van der Waals surface area (Å²) in [5.74, 6) is 0.180. The number of anilines is 1. The van der Waals surface area contributed by atoms with Crippen molar-refractivity contribution >= 4 is 16.8 Å². The molecule has 3 aromatic rings. The largest absolute Gasteiger partial charge is 0.436 e. The molecule has 2 N–H and O–H groups in total. The molecule has 0 saturated heterocycles. The van der Waals surface area contributed by atoms with E-state index in [-0.39, 0.29) is 17.0 Å². The number of alkyl halides is 3. The van der Waals surface area contributed by atoms with Crippen LogP contribution in [0.5, 0.6) is 0 Å². The highest BCUT2D eigenvalue weighted by molar-refractivity contribution is 5.77. The first kappa shape index (κ1) is 12.5. The second-order valence-electron chi connectivity index (χ2n) is 4.21. The number of oxazole rings is 1. The standard InChI is InChI=1S/C13H8F3N3O/c14-13(15,16)8-1-2-11-10(4-8)19-12(20-11)7-3-9(17)6-18-5-7/h1-6H,17H2. The number of pyridine rings is 1. The maximum Gasteiger partial charge on any atom is 0.416 e. The van der Waals surface area contributed by atoms with Crippen molar-refractivity contribution in [3.8, 4) is 11.5 Å². The molecule has 0 aliphatic heterocycles. The highest BCUT2D eigenvalue weighted by Gasteiger charge is 2.31. The third-order valence-electron chi connectivity index (χ3n) is 2.72. The summed E-state index contributed by atoms with van der Waals surface area (Å²) < 4.78 is 43.2. The van der Waals surface area contributed by atoms with Gasteiger partial charge < -0.3 is 10.2 Å². The van der Waals surface area contributed by atoms with E-state index >= 15 is 0 Å². The zero-order valence-electron chi connectivity index (χ0n) is 9.98. The first-order valence-corrected chi connectivity index (χ1v) is 5.62. The lowest BCUT2D eigenvalue weighted by Gasteiger charge is -2.04. The number of hydrogen-bond donors (Lipinski definition) is 1. The molecular formula is C13H8F3N3O. The van der Waals surface area contributed by atoms with Crippen LogP contribution in [0.25, 0.3) is 22.6 Å². The molecule has 102 valence electrons. The summed E-state index contributed by atoms with van der Waals surface area (Å²) >= 11 is 0. The smallest absolute Gasteiger partial charge is 0.416 e. The average molecular weight is 279 g/mol. The van der Waals surface area contributed by atoms with Gasteiger partial charge in [0.05, 0.1) is 16.8 Å². The minimum Gasteiger partial charge on any atom is -0.436 e. The molecule has 1 aromatic carbocycles. The molecule has 0 aliphatic rings. The van der Waals surface area contributed by atoms with Gasteiger partial charge in [0, 0.05) is 12.4 Å². The number of aromatic nitrogens is 2. The molecule has 0 amide bonds. The SMILES string of the molecule is Nc1cncc(-c2nc3cc(C(F)(F)F)ccc3o2)c1. The molecule has 0 bridgehead atoms. The highest BCUT2D eigenvalue weighted by atomic mass is 19.4. The summed E-state index contributed by atoms with van der Waals surface area (Å²) in [5.41, 5.74) is 6.16. The maximum absolute atomic E-state index is 12.6. The number of fused-ring (bicyclic) bond motifs is 1. The minimum absolute atomic E-state index is 0.136. The van der Waals surface area contributed by atoms with E-state index in [0.29, 0.717) is 11.3 Å². The van der Waals surface area contributed by atoms with Crippen LogP contribution in [0.1, 0.15) is 5.56 Å². The molecule has 0 spiro atoms. The fraction of sp³-hybridized carbons (Fsp3) is 0.0769. The van der Waals surface area contributed by atoms with Crippen LogP contribution >= 0.6 is 0 Å². The van der Waals surface area contributed by atoms with E-state index < -0.39 is 11.7 Å². The lowest BCUT2D eigenvalue weighted by atomic mass is 10.2. The van der Waals surface area contributed by atoms with Gasteiger partial charge in [-0.25, -0.2) is 4.98 Å². The van der Waals surface area contributed by atoms with Gasteiger partial charge >= 0.3 is 6.18 Å². The third-order valence-corrected chi connectivity index (χ3v) is 2.72. The van der Waals surface area contributed by atoms with E-state index in [2.05, 4.69) is 9.97 Å². The highest BCUT2D eigenvalue weighted by Crippen LogP contribution is 2.32. The van der Waals surface area contributed by atoms with Crippen molar-refractivity contribution in [1.82, 2.24) is 9.97 Å². The Morgan fingerprint density at radius 3 is 2.60 bits per heavy atom. The van der Waals surface area contributed by atoms with Gasteiger partial charge in [0.25, 0.3) is 0 Å². The number of nitrogens with two attached hydrogens (primary N) is 1. The third kappa shape index (κ3) is 2.18. The zero-order chi connectivity index (χ0) is 14.3. The molecule has 20 heavy (non-hydrogen) atoms. The first-order chi connectivity index (χ1) is 9.43. The van der Waals surface area contributed by atoms with E-state index in [4.69, 9.17) is 10.2 Å². The van der Waals surface area contributed by atoms with E-state index in [1.54, 1.807) is 6.07 Å². The number of hydrogen-bond acceptors (Lipinski definition) is 4. The van der Waals surface area contributed by atoms with Crippen LogP contribution in [0.3, 0.4) is 0 Å². The fourth-order valence-electron chi connectivity index (χ4n) is 1.80. The second kappa shape index (κ2) is 4.22. The summed E-state index contributed by atoms with van der Waals surface area (Å²) in [4.78, 5) is 7.92. The van der Waals surface area contributed by atoms with E-state index in [1.807, 2.05) is 0 Å². The van der Waals surface area contributed by atoms with Gasteiger partial charge in [-0.3, -0.25) is 4.98 Å². The van der Waals surface area contributed by atoms with E-state index in [0.717, 1.165) is 12.1 Å². The molecule has 2 heterocycles. The minimum atomic E-state index is -4.41. The molecule has 7 heteroatoms. The molecule has 2 aromatic heterocycles. The summed E-state index contributed by atoms with van der Waals surface area (Å²) in [7, 11) is 0. The van der Waals surface area contributed by atoms with Crippen LogP contribution in [0.15, 0.2) is 41.1 Å². The van der Waals surface area contributed by atoms with Crippen LogP contribution in [-0.4, -0.2) is 9.97 Å². The van der Waals surface area contributed by atoms with Crippen molar-refractivity contribution in [2.24, 2.45) is 0 Å². The molecule has 0 saturated carbocycles. The lowest BCUT2D eigenvalue weighted by Crippen LogP contribution is -2.03. The van der Waals surface area contributed by atoms with Gasteiger partial charge in [-0.2, -0.15) is 13.2 Å². The summed E-state index contributed by atoms with van der Waals surface area (Å²) in [6.45, 7) is 0. The number of nitrogens with zero attached hydrogens (tertiary/aromatic N) is 2. The van der Waals surface area contributed by atoms with Crippen molar-refractivity contribution in [2.75, 3.05) is 5.73 Å². The van der Waals surface area contributed by atoms with Gasteiger partial charge in [-0.15, -0.1) is 0 Å². The Labute approximate surface area is 111 Å². The number of rotatable bonds is 1. The van der Waals surface area contributed by atoms with Gasteiger partial charge in [-0.05, 0) is 24.3 Å². The van der Waals surface area contributed by atoms with Crippen molar-refractivity contribution in [3.05, 3.63) is 42.2 Å². The number of nitrogen functional groups attached to an aromatic ring is 1. The Kier molecular flexibility index (Phi) is 2.63. The Balaban J connectivity index is 2.11. The second-order valence-corrected chi connectivity index (χ2v) is 4.21. The van der Waals surface area contributed by atoms with E-state index in [9.17, 15) is 13.2 Å². The molecular weight excluding hydrogens is 271 g/mol. The predicted molar refractivity (Wildman–Crippen MR) is 66.7 cm³/mol. The summed E-state index contributed by atoms with van der Waals surface area (Å²) in [6.07, 6.45) is -1.48. The number of halogens is 3. The molecule has 4 nitrogen and oxygen atoms in total. The topological polar surface area (TPSA) is 64.9 Å². The van der Waals surface area contributed by atoms with Crippen molar-refractivity contribution in [2.45, 2.75) is 6.18 Å². The van der Waals surface area contributed by atoms with Gasteiger partial charge in [0.1, 0.15) is 5.52 Å². The molecule has 0 radical (unpaired) electrons. The van der Waals surface area contributed by atoms with Gasteiger partial charge in [0.15, 0.2) is 5.58 Å². The average Bonchev–Trinajstić information content (AvgIpc) is 2.80. The maximum atomic E-state index is 12.6. The van der Waals surface area contributed by atoms with Gasteiger partial charge in [-0.1, -0.05) is 0 Å². The Morgan fingerprint density at radius 1 is 1.10 bits per heavy atom. The van der Waals surface area contributed by atoms with Crippen LogP contribution < -0.4 is 5.73 Å². The molecule has 0 atom stereocenters. The van der Waals surface area contributed by atoms with Crippen molar-refractivity contribution < 1.29 is 17.6 Å². The molecule has 3 rings (SSSR count).